The summed E-state index contributed by atoms with van der Waals surface area (Å²) < 4.78 is 5.82. The lowest BCUT2D eigenvalue weighted by Gasteiger charge is -2.32. The van der Waals surface area contributed by atoms with Crippen LogP contribution in [0.1, 0.15) is 43.7 Å². The monoisotopic (exact) mass is 446 g/mol. The van der Waals surface area contributed by atoms with Crippen molar-refractivity contribution in [3.63, 3.8) is 0 Å². The number of carbonyl (C=O) groups excluding carboxylic acids is 2. The van der Waals surface area contributed by atoms with E-state index in [-0.39, 0.29) is 17.5 Å². The van der Waals surface area contributed by atoms with Crippen LogP contribution in [0.4, 0.5) is 0 Å². The SMILES string of the molecule is CC1=C(C#N)C(=O)N(C2CCCC2)C(=O)/C1=C/c1ccc(OCc2ccc(Cl)cc2)cc1. The molecule has 0 aromatic heterocycles. The van der Waals surface area contributed by atoms with Crippen LogP contribution in [0, 0.1) is 11.3 Å². The average Bonchev–Trinajstić information content (AvgIpc) is 3.32. The molecule has 162 valence electrons. The van der Waals surface area contributed by atoms with E-state index in [0.29, 0.717) is 28.5 Å². The molecular formula is C26H23ClN2O3. The molecule has 0 atom stereocenters. The number of nitrogens with zero attached hydrogens (tertiary/aromatic N) is 2. The summed E-state index contributed by atoms with van der Waals surface area (Å²) >= 11 is 5.91. The van der Waals surface area contributed by atoms with E-state index in [0.717, 1.165) is 36.8 Å². The topological polar surface area (TPSA) is 70.4 Å². The predicted octanol–water partition coefficient (Wildman–Crippen LogP) is 5.45. The van der Waals surface area contributed by atoms with Crippen LogP contribution in [-0.4, -0.2) is 22.8 Å². The van der Waals surface area contributed by atoms with Gasteiger partial charge in [0.25, 0.3) is 11.8 Å². The number of hydrogen-bond donors (Lipinski definition) is 0. The van der Waals surface area contributed by atoms with Crippen LogP contribution >= 0.6 is 11.6 Å². The Hall–Kier alpha value is -3.36. The third-order valence-corrected chi connectivity index (χ3v) is 6.22. The van der Waals surface area contributed by atoms with E-state index in [2.05, 4.69) is 0 Å². The zero-order valence-electron chi connectivity index (χ0n) is 17.8. The average molecular weight is 447 g/mol. The maximum atomic E-state index is 13.2. The molecule has 0 bridgehead atoms. The van der Waals surface area contributed by atoms with E-state index in [1.807, 2.05) is 54.6 Å². The Bertz CT molecular complexity index is 1140. The van der Waals surface area contributed by atoms with E-state index < -0.39 is 5.91 Å². The minimum Gasteiger partial charge on any atom is -0.489 e. The first kappa shape index (κ1) is 21.9. The van der Waals surface area contributed by atoms with Crippen molar-refractivity contribution in [3.05, 3.63) is 81.4 Å². The van der Waals surface area contributed by atoms with E-state index in [1.54, 1.807) is 13.0 Å². The van der Waals surface area contributed by atoms with Crippen LogP contribution in [0.25, 0.3) is 6.08 Å². The Labute approximate surface area is 192 Å². The number of benzene rings is 2. The second kappa shape index (κ2) is 9.42. The van der Waals surface area contributed by atoms with Crippen molar-refractivity contribution in [2.75, 3.05) is 0 Å². The number of nitriles is 1. The summed E-state index contributed by atoms with van der Waals surface area (Å²) in [6, 6.07) is 16.7. The summed E-state index contributed by atoms with van der Waals surface area (Å²) in [6.45, 7) is 2.08. The fourth-order valence-electron chi connectivity index (χ4n) is 4.17. The molecule has 2 aromatic rings. The minimum absolute atomic E-state index is 0.0469. The minimum atomic E-state index is -0.468. The molecule has 0 N–H and O–H groups in total. The molecule has 0 spiro atoms. The highest BCUT2D eigenvalue weighted by atomic mass is 35.5. The molecule has 1 fully saturated rings. The lowest BCUT2D eigenvalue weighted by Crippen LogP contribution is -2.47. The smallest absolute Gasteiger partial charge is 0.271 e. The summed E-state index contributed by atoms with van der Waals surface area (Å²) in [5.74, 6) is -0.0868. The number of ether oxygens (including phenoxy) is 1. The number of carbonyl (C=O) groups is 2. The third-order valence-electron chi connectivity index (χ3n) is 5.97. The first-order valence-corrected chi connectivity index (χ1v) is 11.0. The summed E-state index contributed by atoms with van der Waals surface area (Å²) in [6.07, 6.45) is 5.31. The van der Waals surface area contributed by atoms with Gasteiger partial charge in [-0.15, -0.1) is 0 Å². The molecule has 4 rings (SSSR count). The molecule has 2 amide bonds. The molecule has 32 heavy (non-hydrogen) atoms. The van der Waals surface area contributed by atoms with Gasteiger partial charge in [-0.3, -0.25) is 14.5 Å². The van der Waals surface area contributed by atoms with Gasteiger partial charge in [-0.05, 0) is 66.8 Å². The molecule has 6 heteroatoms. The predicted molar refractivity (Wildman–Crippen MR) is 123 cm³/mol. The maximum Gasteiger partial charge on any atom is 0.271 e. The van der Waals surface area contributed by atoms with E-state index in [4.69, 9.17) is 16.3 Å². The van der Waals surface area contributed by atoms with Gasteiger partial charge in [0, 0.05) is 16.6 Å². The van der Waals surface area contributed by atoms with Gasteiger partial charge >= 0.3 is 0 Å². The molecule has 1 heterocycles. The van der Waals surface area contributed by atoms with Gasteiger partial charge in [-0.1, -0.05) is 48.7 Å². The van der Waals surface area contributed by atoms with Gasteiger partial charge in [0.05, 0.1) is 0 Å². The van der Waals surface area contributed by atoms with Crippen molar-refractivity contribution >= 4 is 29.5 Å². The summed E-state index contributed by atoms with van der Waals surface area (Å²) in [7, 11) is 0. The quantitative estimate of drug-likeness (QED) is 0.452. The number of rotatable bonds is 5. The highest BCUT2D eigenvalue weighted by Gasteiger charge is 2.40. The second-order valence-corrected chi connectivity index (χ2v) is 8.51. The van der Waals surface area contributed by atoms with E-state index >= 15 is 0 Å². The summed E-state index contributed by atoms with van der Waals surface area (Å²) in [5.41, 5.74) is 2.67. The first-order chi connectivity index (χ1) is 15.5. The number of imide groups is 1. The zero-order valence-corrected chi connectivity index (χ0v) is 18.6. The van der Waals surface area contributed by atoms with Crippen LogP contribution in [0.2, 0.25) is 5.02 Å². The van der Waals surface area contributed by atoms with Crippen molar-refractivity contribution in [2.24, 2.45) is 0 Å². The highest BCUT2D eigenvalue weighted by Crippen LogP contribution is 2.33. The normalized spacial score (nSPS) is 18.4. The van der Waals surface area contributed by atoms with Gasteiger partial charge in [-0.2, -0.15) is 5.26 Å². The van der Waals surface area contributed by atoms with Crippen molar-refractivity contribution in [1.82, 2.24) is 4.90 Å². The molecule has 0 saturated heterocycles. The van der Waals surface area contributed by atoms with Gasteiger partial charge in [0.15, 0.2) is 0 Å². The molecular weight excluding hydrogens is 424 g/mol. The molecule has 1 aliphatic heterocycles. The van der Waals surface area contributed by atoms with E-state index in [9.17, 15) is 14.9 Å². The summed E-state index contributed by atoms with van der Waals surface area (Å²) in [4.78, 5) is 27.3. The Morgan fingerprint density at radius 1 is 1.06 bits per heavy atom. The number of hydrogen-bond acceptors (Lipinski definition) is 4. The van der Waals surface area contributed by atoms with Crippen molar-refractivity contribution in [3.8, 4) is 11.8 Å². The number of halogens is 1. The highest BCUT2D eigenvalue weighted by molar-refractivity contribution is 6.30. The molecule has 5 nitrogen and oxygen atoms in total. The number of amides is 2. The van der Waals surface area contributed by atoms with Crippen LogP contribution in [0.3, 0.4) is 0 Å². The standard InChI is InChI=1S/C26H23ClN2O3/c1-17-23(25(30)29(21-4-2-3-5-21)26(31)24(17)15-28)14-18-8-12-22(13-9-18)32-16-19-6-10-20(27)11-7-19/h6-14,21H,2-5,16H2,1H3/b23-14+. The van der Waals surface area contributed by atoms with Gasteiger partial charge in [0.2, 0.25) is 0 Å². The lowest BCUT2D eigenvalue weighted by molar-refractivity contribution is -0.143. The van der Waals surface area contributed by atoms with Crippen molar-refractivity contribution in [2.45, 2.75) is 45.3 Å². The fourth-order valence-corrected chi connectivity index (χ4v) is 4.29. The second-order valence-electron chi connectivity index (χ2n) is 8.07. The Balaban J connectivity index is 1.55. The summed E-state index contributed by atoms with van der Waals surface area (Å²) in [5, 5.41) is 10.2. The Morgan fingerprint density at radius 3 is 2.34 bits per heavy atom. The molecule has 0 unspecified atom stereocenters. The first-order valence-electron chi connectivity index (χ1n) is 10.7. The maximum absolute atomic E-state index is 13.2. The van der Waals surface area contributed by atoms with Crippen LogP contribution in [0.15, 0.2) is 65.3 Å². The van der Waals surface area contributed by atoms with Crippen molar-refractivity contribution < 1.29 is 14.3 Å². The molecule has 2 aliphatic rings. The van der Waals surface area contributed by atoms with Gasteiger partial charge in [0.1, 0.15) is 24.0 Å². The molecule has 1 saturated carbocycles. The lowest BCUT2D eigenvalue weighted by atomic mass is 9.92. The largest absolute Gasteiger partial charge is 0.489 e. The van der Waals surface area contributed by atoms with Crippen LogP contribution < -0.4 is 4.74 Å². The Kier molecular flexibility index (Phi) is 6.43. The van der Waals surface area contributed by atoms with Gasteiger partial charge < -0.3 is 4.74 Å². The van der Waals surface area contributed by atoms with Gasteiger partial charge in [-0.25, -0.2) is 0 Å². The van der Waals surface area contributed by atoms with Crippen LogP contribution in [0.5, 0.6) is 5.75 Å². The molecule has 0 radical (unpaired) electrons. The third kappa shape index (κ3) is 4.46. The van der Waals surface area contributed by atoms with Crippen LogP contribution in [-0.2, 0) is 16.2 Å². The molecule has 2 aromatic carbocycles. The van der Waals surface area contributed by atoms with Crippen molar-refractivity contribution in [1.29, 1.82) is 5.26 Å². The van der Waals surface area contributed by atoms with E-state index in [1.165, 1.54) is 4.90 Å². The Morgan fingerprint density at radius 2 is 1.72 bits per heavy atom. The molecule has 1 aliphatic carbocycles. The zero-order chi connectivity index (χ0) is 22.7. The fraction of sp³-hybridized carbons (Fsp3) is 0.269.